The molecule has 1 rings (SSSR count). The lowest BCUT2D eigenvalue weighted by molar-refractivity contribution is 0.570. The molecule has 0 aliphatic carbocycles. The quantitative estimate of drug-likeness (QED) is 0.673. The molecule has 0 aromatic carbocycles. The third kappa shape index (κ3) is 2.26. The van der Waals surface area contributed by atoms with Gasteiger partial charge in [0.1, 0.15) is 5.69 Å². The Bertz CT molecular complexity index is 472. The van der Waals surface area contributed by atoms with E-state index in [1.807, 2.05) is 6.07 Å². The van der Waals surface area contributed by atoms with Crippen molar-refractivity contribution in [3.8, 4) is 6.07 Å². The van der Waals surface area contributed by atoms with E-state index in [1.54, 1.807) is 0 Å². The van der Waals surface area contributed by atoms with Crippen molar-refractivity contribution in [3.05, 3.63) is 27.0 Å². The maximum absolute atomic E-state index is 11.5. The van der Waals surface area contributed by atoms with Crippen molar-refractivity contribution >= 4 is 5.69 Å². The highest BCUT2D eigenvalue weighted by Gasteiger charge is 2.06. The summed E-state index contributed by atoms with van der Waals surface area (Å²) in [5, 5.41) is 8.35. The molecule has 0 fully saturated rings. The lowest BCUT2D eigenvalue weighted by Gasteiger charge is -2.06. The average molecular weight is 208 g/mol. The minimum absolute atomic E-state index is 0.0362. The Morgan fingerprint density at radius 3 is 2.80 bits per heavy atom. The number of hydrogen-bond donors (Lipinski definition) is 1. The Morgan fingerprint density at radius 1 is 1.53 bits per heavy atom. The van der Waals surface area contributed by atoms with E-state index >= 15 is 0 Å². The third-order valence-corrected chi connectivity index (χ3v) is 2.03. The summed E-state index contributed by atoms with van der Waals surface area (Å²) in [6.07, 6.45) is 2.07. The second-order valence-corrected chi connectivity index (χ2v) is 3.20. The third-order valence-electron chi connectivity index (χ3n) is 2.03. The number of anilines is 1. The van der Waals surface area contributed by atoms with Crippen LogP contribution in [0.1, 0.15) is 12.8 Å². The number of nitriles is 1. The van der Waals surface area contributed by atoms with Gasteiger partial charge >= 0.3 is 5.69 Å². The molecule has 0 amide bonds. The van der Waals surface area contributed by atoms with Gasteiger partial charge in [-0.1, -0.05) is 0 Å². The Hall–Kier alpha value is -2.03. The SMILES string of the molecule is Cn1cc(N)c(=O)n(CCCC#N)c1=O. The van der Waals surface area contributed by atoms with Crippen molar-refractivity contribution in [2.45, 2.75) is 19.4 Å². The summed E-state index contributed by atoms with van der Waals surface area (Å²) in [7, 11) is 1.53. The Labute approximate surface area is 86.2 Å². The van der Waals surface area contributed by atoms with Crippen molar-refractivity contribution in [2.24, 2.45) is 7.05 Å². The van der Waals surface area contributed by atoms with Crippen molar-refractivity contribution in [3.63, 3.8) is 0 Å². The fourth-order valence-electron chi connectivity index (χ4n) is 1.27. The smallest absolute Gasteiger partial charge is 0.330 e. The van der Waals surface area contributed by atoms with Crippen LogP contribution in [-0.2, 0) is 13.6 Å². The van der Waals surface area contributed by atoms with Crippen LogP contribution in [0.25, 0.3) is 0 Å². The molecule has 6 nitrogen and oxygen atoms in total. The maximum Gasteiger partial charge on any atom is 0.330 e. The van der Waals surface area contributed by atoms with E-state index < -0.39 is 11.2 Å². The topological polar surface area (TPSA) is 93.8 Å². The Balaban J connectivity index is 3.12. The van der Waals surface area contributed by atoms with Crippen LogP contribution in [0.4, 0.5) is 5.69 Å². The monoisotopic (exact) mass is 208 g/mol. The average Bonchev–Trinajstić information content (AvgIpc) is 2.20. The molecule has 0 atom stereocenters. The summed E-state index contributed by atoms with van der Waals surface area (Å²) in [5.74, 6) is 0. The number of nitrogens with zero attached hydrogens (tertiary/aromatic N) is 3. The molecule has 0 bridgehead atoms. The molecule has 0 unspecified atom stereocenters. The van der Waals surface area contributed by atoms with Crippen LogP contribution in [0.3, 0.4) is 0 Å². The zero-order valence-corrected chi connectivity index (χ0v) is 8.43. The van der Waals surface area contributed by atoms with Gasteiger partial charge in [-0.15, -0.1) is 0 Å². The van der Waals surface area contributed by atoms with Gasteiger partial charge in [-0.3, -0.25) is 9.36 Å². The summed E-state index contributed by atoms with van der Waals surface area (Å²) in [6.45, 7) is 0.226. The minimum atomic E-state index is -0.490. The second kappa shape index (κ2) is 4.46. The van der Waals surface area contributed by atoms with Crippen LogP contribution in [0.5, 0.6) is 0 Å². The molecular formula is C9H12N4O2. The van der Waals surface area contributed by atoms with E-state index in [0.717, 1.165) is 4.57 Å². The van der Waals surface area contributed by atoms with Crippen LogP contribution in [0.2, 0.25) is 0 Å². The Morgan fingerprint density at radius 2 is 2.20 bits per heavy atom. The molecule has 0 saturated heterocycles. The standard InChI is InChI=1S/C9H12N4O2/c1-12-6-7(11)8(14)13(9(12)15)5-3-2-4-10/h6H,2-3,5,11H2,1H3. The van der Waals surface area contributed by atoms with Gasteiger partial charge in [0.2, 0.25) is 0 Å². The van der Waals surface area contributed by atoms with E-state index in [9.17, 15) is 9.59 Å². The number of hydrogen-bond acceptors (Lipinski definition) is 4. The Kier molecular flexibility index (Phi) is 3.29. The van der Waals surface area contributed by atoms with Gasteiger partial charge < -0.3 is 10.3 Å². The fraction of sp³-hybridized carbons (Fsp3) is 0.444. The molecule has 0 radical (unpaired) electrons. The molecule has 1 aromatic heterocycles. The van der Waals surface area contributed by atoms with Crippen molar-refractivity contribution in [1.29, 1.82) is 5.26 Å². The highest BCUT2D eigenvalue weighted by atomic mass is 16.2. The maximum atomic E-state index is 11.5. The van der Waals surface area contributed by atoms with Crippen molar-refractivity contribution in [2.75, 3.05) is 5.73 Å². The largest absolute Gasteiger partial charge is 0.393 e. The summed E-state index contributed by atoms with van der Waals surface area (Å²) in [5.41, 5.74) is 4.57. The molecule has 15 heavy (non-hydrogen) atoms. The van der Waals surface area contributed by atoms with Gasteiger partial charge in [-0.2, -0.15) is 5.26 Å². The van der Waals surface area contributed by atoms with Gasteiger partial charge in [0.15, 0.2) is 0 Å². The van der Waals surface area contributed by atoms with Crippen molar-refractivity contribution in [1.82, 2.24) is 9.13 Å². The van der Waals surface area contributed by atoms with E-state index in [0.29, 0.717) is 12.8 Å². The zero-order chi connectivity index (χ0) is 11.4. The van der Waals surface area contributed by atoms with Crippen molar-refractivity contribution < 1.29 is 0 Å². The first-order valence-electron chi connectivity index (χ1n) is 4.51. The normalized spacial score (nSPS) is 9.87. The van der Waals surface area contributed by atoms with E-state index in [4.69, 9.17) is 11.0 Å². The van der Waals surface area contributed by atoms with Gasteiger partial charge in [0, 0.05) is 26.2 Å². The number of aromatic nitrogens is 2. The van der Waals surface area contributed by atoms with Crippen LogP contribution in [0, 0.1) is 11.3 Å². The summed E-state index contributed by atoms with van der Waals surface area (Å²) < 4.78 is 2.30. The number of nitrogen functional groups attached to an aromatic ring is 1. The number of nitrogens with two attached hydrogens (primary N) is 1. The first-order chi connectivity index (χ1) is 7.07. The van der Waals surface area contributed by atoms with Gasteiger partial charge in [-0.05, 0) is 6.42 Å². The molecule has 6 heteroatoms. The van der Waals surface area contributed by atoms with Crippen LogP contribution in [0.15, 0.2) is 15.8 Å². The predicted molar refractivity (Wildman–Crippen MR) is 55.2 cm³/mol. The molecule has 80 valence electrons. The van der Waals surface area contributed by atoms with E-state index in [2.05, 4.69) is 0 Å². The lowest BCUT2D eigenvalue weighted by atomic mass is 10.3. The number of rotatable bonds is 3. The molecule has 0 spiro atoms. The zero-order valence-electron chi connectivity index (χ0n) is 8.43. The van der Waals surface area contributed by atoms with Crippen LogP contribution in [-0.4, -0.2) is 9.13 Å². The first kappa shape index (κ1) is 11.0. The van der Waals surface area contributed by atoms with Gasteiger partial charge in [-0.25, -0.2) is 4.79 Å². The number of aryl methyl sites for hydroxylation is 1. The molecule has 1 aromatic rings. The van der Waals surface area contributed by atoms with E-state index in [-0.39, 0.29) is 12.2 Å². The lowest BCUT2D eigenvalue weighted by Crippen LogP contribution is -2.39. The predicted octanol–water partition coefficient (Wildman–Crippen LogP) is -0.567. The van der Waals surface area contributed by atoms with Gasteiger partial charge in [0.25, 0.3) is 5.56 Å². The fourth-order valence-corrected chi connectivity index (χ4v) is 1.27. The van der Waals surface area contributed by atoms with E-state index in [1.165, 1.54) is 17.8 Å². The van der Waals surface area contributed by atoms with Gasteiger partial charge in [0.05, 0.1) is 6.07 Å². The highest BCUT2D eigenvalue weighted by molar-refractivity contribution is 5.30. The summed E-state index contributed by atoms with van der Waals surface area (Å²) >= 11 is 0. The van der Waals surface area contributed by atoms with Crippen LogP contribution < -0.4 is 17.0 Å². The molecule has 2 N–H and O–H groups in total. The first-order valence-corrected chi connectivity index (χ1v) is 4.51. The number of unbranched alkanes of at least 4 members (excludes halogenated alkanes) is 1. The summed E-state index contributed by atoms with van der Waals surface area (Å²) in [6, 6.07) is 1.95. The molecule has 0 aliphatic heterocycles. The minimum Gasteiger partial charge on any atom is -0.393 e. The molecule has 0 aliphatic rings. The second-order valence-electron chi connectivity index (χ2n) is 3.20. The molecule has 0 saturated carbocycles. The highest BCUT2D eigenvalue weighted by Crippen LogP contribution is 1.91. The molecular weight excluding hydrogens is 196 g/mol. The molecule has 1 heterocycles. The summed E-state index contributed by atoms with van der Waals surface area (Å²) in [4.78, 5) is 23.0. The van der Waals surface area contributed by atoms with Crippen LogP contribution >= 0.6 is 0 Å².